The lowest BCUT2D eigenvalue weighted by Crippen LogP contribution is -2.21. The number of carboxylic acid groups (broad SMARTS) is 1. The SMILES string of the molecule is Cc1cc(S(=O)(=O)C2C=CCCC2)ccc1C(=O)O. The van der Waals surface area contributed by atoms with E-state index >= 15 is 0 Å². The molecule has 1 aromatic carbocycles. The Morgan fingerprint density at radius 2 is 2.11 bits per heavy atom. The second-order valence-corrected chi connectivity index (χ2v) is 6.89. The first-order chi connectivity index (χ1) is 8.93. The fourth-order valence-corrected chi connectivity index (χ4v) is 4.01. The first kappa shape index (κ1) is 13.8. The van der Waals surface area contributed by atoms with Crippen LogP contribution in [-0.2, 0) is 9.84 Å². The normalized spacial score (nSPS) is 19.3. The number of aryl methyl sites for hydroxylation is 1. The van der Waals surface area contributed by atoms with Crippen molar-refractivity contribution in [3.63, 3.8) is 0 Å². The molecule has 2 rings (SSSR count). The largest absolute Gasteiger partial charge is 0.478 e. The molecule has 0 heterocycles. The van der Waals surface area contributed by atoms with Gasteiger partial charge >= 0.3 is 5.97 Å². The number of hydrogen-bond acceptors (Lipinski definition) is 3. The Labute approximate surface area is 112 Å². The van der Waals surface area contributed by atoms with Crippen molar-refractivity contribution in [2.45, 2.75) is 36.3 Å². The van der Waals surface area contributed by atoms with Crippen LogP contribution in [0.3, 0.4) is 0 Å². The Hall–Kier alpha value is -1.62. The van der Waals surface area contributed by atoms with E-state index in [-0.39, 0.29) is 10.5 Å². The minimum Gasteiger partial charge on any atom is -0.478 e. The number of carboxylic acids is 1. The average molecular weight is 280 g/mol. The standard InChI is InChI=1S/C14H16O4S/c1-10-9-12(7-8-13(10)14(15)16)19(17,18)11-5-3-2-4-6-11/h3,5,7-9,11H,2,4,6H2,1H3,(H,15,16). The highest BCUT2D eigenvalue weighted by atomic mass is 32.2. The van der Waals surface area contributed by atoms with Crippen LogP contribution in [0.15, 0.2) is 35.2 Å². The van der Waals surface area contributed by atoms with E-state index in [2.05, 4.69) is 0 Å². The Kier molecular flexibility index (Phi) is 3.75. The molecule has 4 nitrogen and oxygen atoms in total. The van der Waals surface area contributed by atoms with Crippen LogP contribution >= 0.6 is 0 Å². The molecule has 1 aliphatic carbocycles. The van der Waals surface area contributed by atoms with Gasteiger partial charge in [0.05, 0.1) is 15.7 Å². The van der Waals surface area contributed by atoms with Crippen LogP contribution in [0.1, 0.15) is 35.2 Å². The first-order valence-electron chi connectivity index (χ1n) is 6.17. The Balaban J connectivity index is 2.41. The van der Waals surface area contributed by atoms with Gasteiger partial charge in [0.2, 0.25) is 0 Å². The highest BCUT2D eigenvalue weighted by Gasteiger charge is 2.26. The summed E-state index contributed by atoms with van der Waals surface area (Å²) < 4.78 is 24.8. The zero-order valence-electron chi connectivity index (χ0n) is 10.7. The van der Waals surface area contributed by atoms with Gasteiger partial charge in [0.1, 0.15) is 0 Å². The zero-order valence-corrected chi connectivity index (χ0v) is 11.5. The summed E-state index contributed by atoms with van der Waals surface area (Å²) in [5, 5.41) is 8.46. The van der Waals surface area contributed by atoms with Crippen LogP contribution in [0.25, 0.3) is 0 Å². The van der Waals surface area contributed by atoms with E-state index < -0.39 is 21.1 Å². The lowest BCUT2D eigenvalue weighted by atomic mass is 10.1. The van der Waals surface area contributed by atoms with E-state index in [4.69, 9.17) is 5.11 Å². The van der Waals surface area contributed by atoms with Crippen molar-refractivity contribution in [2.75, 3.05) is 0 Å². The van der Waals surface area contributed by atoms with Crippen LogP contribution in [0.4, 0.5) is 0 Å². The molecule has 0 amide bonds. The number of carbonyl (C=O) groups is 1. The monoisotopic (exact) mass is 280 g/mol. The highest BCUT2D eigenvalue weighted by molar-refractivity contribution is 7.92. The predicted octanol–water partition coefficient (Wildman–Crippen LogP) is 2.58. The van der Waals surface area contributed by atoms with Gasteiger partial charge in [0.15, 0.2) is 9.84 Å². The molecule has 0 fully saturated rings. The molecule has 0 radical (unpaired) electrons. The van der Waals surface area contributed by atoms with E-state index in [0.717, 1.165) is 12.8 Å². The maximum absolute atomic E-state index is 12.4. The Bertz CT molecular complexity index is 629. The fraction of sp³-hybridized carbons (Fsp3) is 0.357. The third kappa shape index (κ3) is 2.71. The maximum atomic E-state index is 12.4. The summed E-state index contributed by atoms with van der Waals surface area (Å²) in [7, 11) is -3.41. The summed E-state index contributed by atoms with van der Waals surface area (Å²) in [5.41, 5.74) is 0.603. The van der Waals surface area contributed by atoms with Crippen molar-refractivity contribution in [3.05, 3.63) is 41.5 Å². The minimum absolute atomic E-state index is 0.137. The van der Waals surface area contributed by atoms with Gasteiger partial charge in [-0.25, -0.2) is 13.2 Å². The van der Waals surface area contributed by atoms with Crippen LogP contribution in [0, 0.1) is 6.92 Å². The first-order valence-corrected chi connectivity index (χ1v) is 7.72. The van der Waals surface area contributed by atoms with Crippen molar-refractivity contribution in [3.8, 4) is 0 Å². The number of allylic oxidation sites excluding steroid dienone is 1. The van der Waals surface area contributed by atoms with Gasteiger partial charge in [0, 0.05) is 0 Å². The Morgan fingerprint density at radius 1 is 1.37 bits per heavy atom. The van der Waals surface area contributed by atoms with Crippen LogP contribution in [0.5, 0.6) is 0 Å². The fourth-order valence-electron chi connectivity index (χ4n) is 2.27. The number of hydrogen-bond donors (Lipinski definition) is 1. The molecule has 1 atom stereocenters. The van der Waals surface area contributed by atoms with Crippen molar-refractivity contribution < 1.29 is 18.3 Å². The molecule has 0 aliphatic heterocycles. The van der Waals surface area contributed by atoms with Crippen LogP contribution in [-0.4, -0.2) is 24.7 Å². The molecule has 5 heteroatoms. The maximum Gasteiger partial charge on any atom is 0.335 e. The van der Waals surface area contributed by atoms with Crippen LogP contribution < -0.4 is 0 Å². The minimum atomic E-state index is -3.41. The third-order valence-electron chi connectivity index (χ3n) is 3.37. The van der Waals surface area contributed by atoms with E-state index in [1.165, 1.54) is 18.2 Å². The summed E-state index contributed by atoms with van der Waals surface area (Å²) in [6, 6.07) is 4.19. The van der Waals surface area contributed by atoms with E-state index in [9.17, 15) is 13.2 Å². The summed E-state index contributed by atoms with van der Waals surface area (Å²) in [4.78, 5) is 11.1. The highest BCUT2D eigenvalue weighted by Crippen LogP contribution is 2.25. The summed E-state index contributed by atoms with van der Waals surface area (Å²) in [5.74, 6) is -1.04. The second-order valence-electron chi connectivity index (χ2n) is 4.72. The summed E-state index contributed by atoms with van der Waals surface area (Å²) in [6.07, 6.45) is 6.04. The van der Waals surface area contributed by atoms with Gasteiger partial charge in [-0.05, 0) is 49.9 Å². The van der Waals surface area contributed by atoms with Gasteiger partial charge in [-0.1, -0.05) is 12.2 Å². The summed E-state index contributed by atoms with van der Waals surface area (Å²) in [6.45, 7) is 1.61. The molecule has 102 valence electrons. The van der Waals surface area contributed by atoms with E-state index in [1.54, 1.807) is 13.0 Å². The summed E-state index contributed by atoms with van der Waals surface area (Å²) >= 11 is 0. The smallest absolute Gasteiger partial charge is 0.335 e. The molecular formula is C14H16O4S. The lowest BCUT2D eigenvalue weighted by molar-refractivity contribution is 0.0696. The molecule has 1 aliphatic rings. The zero-order chi connectivity index (χ0) is 14.0. The van der Waals surface area contributed by atoms with Crippen molar-refractivity contribution >= 4 is 15.8 Å². The lowest BCUT2D eigenvalue weighted by Gasteiger charge is -2.17. The van der Waals surface area contributed by atoms with E-state index in [0.29, 0.717) is 12.0 Å². The van der Waals surface area contributed by atoms with Gasteiger partial charge in [-0.15, -0.1) is 0 Å². The van der Waals surface area contributed by atoms with Gasteiger partial charge in [-0.3, -0.25) is 0 Å². The second kappa shape index (κ2) is 5.17. The number of aromatic carboxylic acids is 1. The van der Waals surface area contributed by atoms with Gasteiger partial charge in [-0.2, -0.15) is 0 Å². The molecule has 0 saturated heterocycles. The van der Waals surface area contributed by atoms with Crippen molar-refractivity contribution in [1.82, 2.24) is 0 Å². The molecule has 0 spiro atoms. The molecular weight excluding hydrogens is 264 g/mol. The average Bonchev–Trinajstić information content (AvgIpc) is 2.39. The molecule has 19 heavy (non-hydrogen) atoms. The van der Waals surface area contributed by atoms with Gasteiger partial charge in [0.25, 0.3) is 0 Å². The molecule has 0 aromatic heterocycles. The molecule has 0 bridgehead atoms. The van der Waals surface area contributed by atoms with Crippen molar-refractivity contribution in [2.24, 2.45) is 0 Å². The Morgan fingerprint density at radius 3 is 2.63 bits per heavy atom. The van der Waals surface area contributed by atoms with Crippen LogP contribution in [0.2, 0.25) is 0 Å². The number of rotatable bonds is 3. The number of sulfone groups is 1. The molecule has 0 saturated carbocycles. The van der Waals surface area contributed by atoms with E-state index in [1.807, 2.05) is 6.08 Å². The predicted molar refractivity (Wildman–Crippen MR) is 72.1 cm³/mol. The van der Waals surface area contributed by atoms with Gasteiger partial charge < -0.3 is 5.11 Å². The molecule has 1 unspecified atom stereocenters. The number of benzene rings is 1. The quantitative estimate of drug-likeness (QED) is 0.864. The van der Waals surface area contributed by atoms with Crippen molar-refractivity contribution in [1.29, 1.82) is 0 Å². The molecule has 1 aromatic rings. The third-order valence-corrected chi connectivity index (χ3v) is 5.47. The molecule has 1 N–H and O–H groups in total. The topological polar surface area (TPSA) is 71.4 Å².